The van der Waals surface area contributed by atoms with Crippen molar-refractivity contribution in [3.8, 4) is 5.88 Å². The number of ether oxygens (including phenoxy) is 1. The van der Waals surface area contributed by atoms with Crippen molar-refractivity contribution >= 4 is 11.5 Å². The summed E-state index contributed by atoms with van der Waals surface area (Å²) < 4.78 is 5.69. The highest BCUT2D eigenvalue weighted by atomic mass is 16.5. The van der Waals surface area contributed by atoms with Gasteiger partial charge >= 0.3 is 0 Å². The molecule has 0 bridgehead atoms. The van der Waals surface area contributed by atoms with Crippen molar-refractivity contribution in [2.24, 2.45) is 5.92 Å². The zero-order chi connectivity index (χ0) is 15.8. The molecule has 1 aromatic heterocycles. The Bertz CT molecular complexity index is 420. The summed E-state index contributed by atoms with van der Waals surface area (Å²) in [4.78, 5) is 6.67. The molecule has 0 saturated heterocycles. The first-order valence-electron chi connectivity index (χ1n) is 7.80. The molecule has 0 aromatic carbocycles. The largest absolute Gasteiger partial charge is 0.476 e. The van der Waals surface area contributed by atoms with Crippen molar-refractivity contribution < 1.29 is 9.84 Å². The maximum absolute atomic E-state index is 9.31. The number of nitrogens with zero attached hydrogens (tertiary/aromatic N) is 2. The van der Waals surface area contributed by atoms with E-state index in [1.165, 1.54) is 0 Å². The van der Waals surface area contributed by atoms with E-state index >= 15 is 0 Å². The molecule has 1 aromatic rings. The summed E-state index contributed by atoms with van der Waals surface area (Å²) in [6.45, 7) is 9.71. The summed E-state index contributed by atoms with van der Waals surface area (Å²) in [6, 6.07) is 4.07. The fraction of sp³-hybridized carbons (Fsp3) is 0.688. The molecule has 0 spiro atoms. The highest BCUT2D eigenvalue weighted by Gasteiger charge is 2.18. The molecule has 0 unspecified atom stereocenters. The van der Waals surface area contributed by atoms with E-state index in [2.05, 4.69) is 37.6 Å². The molecular weight excluding hydrogens is 266 g/mol. The number of aromatic nitrogens is 1. The summed E-state index contributed by atoms with van der Waals surface area (Å²) in [5.74, 6) is 1.71. The van der Waals surface area contributed by atoms with Gasteiger partial charge in [-0.2, -0.15) is 4.98 Å². The van der Waals surface area contributed by atoms with Crippen LogP contribution in [-0.2, 0) is 0 Å². The second-order valence-corrected chi connectivity index (χ2v) is 5.66. The van der Waals surface area contributed by atoms with Gasteiger partial charge in [0.05, 0.1) is 18.9 Å². The van der Waals surface area contributed by atoms with Gasteiger partial charge in [-0.05, 0) is 30.9 Å². The Balaban J connectivity index is 3.00. The third-order valence-electron chi connectivity index (χ3n) is 3.45. The predicted molar refractivity (Wildman–Crippen MR) is 87.8 cm³/mol. The molecule has 0 aliphatic rings. The smallest absolute Gasteiger partial charge is 0.239 e. The van der Waals surface area contributed by atoms with Crippen molar-refractivity contribution in [1.82, 2.24) is 4.98 Å². The first kappa shape index (κ1) is 17.6. The van der Waals surface area contributed by atoms with Crippen LogP contribution < -0.4 is 15.4 Å². The number of anilines is 2. The van der Waals surface area contributed by atoms with Crippen molar-refractivity contribution in [2.75, 3.05) is 30.4 Å². The number of nitrogen functional groups attached to an aromatic ring is 1. The molecule has 0 atom stereocenters. The first-order chi connectivity index (χ1) is 10.0. The van der Waals surface area contributed by atoms with Gasteiger partial charge in [0.25, 0.3) is 0 Å². The van der Waals surface area contributed by atoms with Crippen LogP contribution in [0.25, 0.3) is 0 Å². The van der Waals surface area contributed by atoms with Gasteiger partial charge in [0, 0.05) is 12.6 Å². The minimum Gasteiger partial charge on any atom is -0.476 e. The molecule has 0 fully saturated rings. The Hall–Kier alpha value is -1.49. The lowest BCUT2D eigenvalue weighted by molar-refractivity contribution is 0.262. The highest BCUT2D eigenvalue weighted by molar-refractivity contribution is 5.55. The van der Waals surface area contributed by atoms with Gasteiger partial charge in [-0.25, -0.2) is 0 Å². The first-order valence-corrected chi connectivity index (χ1v) is 7.80. The predicted octanol–water partition coefficient (Wildman–Crippen LogP) is 2.69. The van der Waals surface area contributed by atoms with Crippen molar-refractivity contribution in [3.63, 3.8) is 0 Å². The monoisotopic (exact) mass is 295 g/mol. The van der Waals surface area contributed by atoms with Crippen LogP contribution in [0.5, 0.6) is 5.88 Å². The van der Waals surface area contributed by atoms with Gasteiger partial charge in [0.15, 0.2) is 0 Å². The molecule has 0 radical (unpaired) electrons. The van der Waals surface area contributed by atoms with E-state index in [0.29, 0.717) is 36.7 Å². The normalized spacial score (nSPS) is 11.2. The van der Waals surface area contributed by atoms with Gasteiger partial charge in [-0.3, -0.25) is 0 Å². The zero-order valence-corrected chi connectivity index (χ0v) is 13.7. The number of pyridine rings is 1. The van der Waals surface area contributed by atoms with Crippen LogP contribution in [0.15, 0.2) is 12.1 Å². The van der Waals surface area contributed by atoms with Crippen molar-refractivity contribution in [2.45, 2.75) is 46.6 Å². The van der Waals surface area contributed by atoms with Gasteiger partial charge in [-0.1, -0.05) is 27.7 Å². The standard InChI is InChI=1S/C16H29N3O2/c1-5-13(6-2)19(9-10-20)15-8-7-14(17)16(18-15)21-11-12(3)4/h7-8,12-13,20H,5-6,9-11,17H2,1-4H3. The third-order valence-corrected chi connectivity index (χ3v) is 3.45. The highest BCUT2D eigenvalue weighted by Crippen LogP contribution is 2.26. The Kier molecular flexibility index (Phi) is 7.29. The number of hydrogen-bond acceptors (Lipinski definition) is 5. The summed E-state index contributed by atoms with van der Waals surface area (Å²) in [5.41, 5.74) is 6.48. The van der Waals surface area contributed by atoms with E-state index in [1.807, 2.05) is 12.1 Å². The number of hydrogen-bond donors (Lipinski definition) is 2. The minimum atomic E-state index is 0.102. The number of aliphatic hydroxyl groups is 1. The average Bonchev–Trinajstić information content (AvgIpc) is 2.46. The summed E-state index contributed by atoms with van der Waals surface area (Å²) in [5, 5.41) is 9.31. The van der Waals surface area contributed by atoms with Crippen molar-refractivity contribution in [1.29, 1.82) is 0 Å². The lowest BCUT2D eigenvalue weighted by atomic mass is 10.1. The molecule has 5 nitrogen and oxygen atoms in total. The van der Waals surface area contributed by atoms with Gasteiger partial charge in [0.2, 0.25) is 5.88 Å². The minimum absolute atomic E-state index is 0.102. The second kappa shape index (κ2) is 8.72. The Labute approximate surface area is 128 Å². The molecule has 5 heteroatoms. The molecule has 0 aliphatic carbocycles. The lowest BCUT2D eigenvalue weighted by Gasteiger charge is -2.31. The van der Waals surface area contributed by atoms with Crippen LogP contribution in [0, 0.1) is 5.92 Å². The zero-order valence-electron chi connectivity index (χ0n) is 13.7. The molecule has 0 amide bonds. The second-order valence-electron chi connectivity index (χ2n) is 5.66. The van der Waals surface area contributed by atoms with E-state index in [9.17, 15) is 5.11 Å². The molecule has 0 saturated carbocycles. The van der Waals surface area contributed by atoms with Gasteiger partial charge in [0.1, 0.15) is 5.82 Å². The number of aliphatic hydroxyl groups excluding tert-OH is 1. The molecule has 3 N–H and O–H groups in total. The Morgan fingerprint density at radius 1 is 1.29 bits per heavy atom. The lowest BCUT2D eigenvalue weighted by Crippen LogP contribution is -2.37. The fourth-order valence-corrected chi connectivity index (χ4v) is 2.28. The van der Waals surface area contributed by atoms with E-state index in [4.69, 9.17) is 10.5 Å². The van der Waals surface area contributed by atoms with E-state index in [1.54, 1.807) is 0 Å². The number of rotatable bonds is 9. The van der Waals surface area contributed by atoms with Gasteiger partial charge in [-0.15, -0.1) is 0 Å². The molecule has 120 valence electrons. The van der Waals surface area contributed by atoms with Crippen LogP contribution in [0.1, 0.15) is 40.5 Å². The van der Waals surface area contributed by atoms with Crippen LogP contribution in [0.4, 0.5) is 11.5 Å². The van der Waals surface area contributed by atoms with E-state index in [0.717, 1.165) is 18.7 Å². The Morgan fingerprint density at radius 2 is 1.95 bits per heavy atom. The van der Waals surface area contributed by atoms with E-state index in [-0.39, 0.29) is 6.61 Å². The maximum Gasteiger partial charge on any atom is 0.239 e. The molecule has 1 heterocycles. The number of nitrogens with two attached hydrogens (primary N) is 1. The quantitative estimate of drug-likeness (QED) is 0.733. The maximum atomic E-state index is 9.31. The van der Waals surface area contributed by atoms with Gasteiger partial charge < -0.3 is 20.5 Å². The van der Waals surface area contributed by atoms with Crippen LogP contribution in [0.2, 0.25) is 0 Å². The topological polar surface area (TPSA) is 71.6 Å². The SMILES string of the molecule is CCC(CC)N(CCO)c1ccc(N)c(OCC(C)C)n1. The summed E-state index contributed by atoms with van der Waals surface area (Å²) in [7, 11) is 0. The summed E-state index contributed by atoms with van der Waals surface area (Å²) >= 11 is 0. The third kappa shape index (κ3) is 5.08. The van der Waals surface area contributed by atoms with Crippen molar-refractivity contribution in [3.05, 3.63) is 12.1 Å². The summed E-state index contributed by atoms with van der Waals surface area (Å²) in [6.07, 6.45) is 2.01. The Morgan fingerprint density at radius 3 is 2.48 bits per heavy atom. The van der Waals surface area contributed by atoms with Crippen LogP contribution in [-0.4, -0.2) is 35.9 Å². The molecule has 0 aliphatic heterocycles. The fourth-order valence-electron chi connectivity index (χ4n) is 2.28. The molecule has 1 rings (SSSR count). The van der Waals surface area contributed by atoms with Crippen LogP contribution >= 0.6 is 0 Å². The van der Waals surface area contributed by atoms with E-state index < -0.39 is 0 Å². The molecular formula is C16H29N3O2. The average molecular weight is 295 g/mol. The molecule has 21 heavy (non-hydrogen) atoms. The van der Waals surface area contributed by atoms with Crippen LogP contribution in [0.3, 0.4) is 0 Å².